The molecular formula is C14H15N3O2. The first kappa shape index (κ1) is 13.1. The van der Waals surface area contributed by atoms with Crippen LogP contribution in [0.25, 0.3) is 4.85 Å². The average Bonchev–Trinajstić information content (AvgIpc) is 2.68. The van der Waals surface area contributed by atoms with Crippen LogP contribution in [0.15, 0.2) is 24.3 Å². The molecule has 0 saturated carbocycles. The lowest BCUT2D eigenvalue weighted by Gasteiger charge is -2.06. The molecule has 0 aliphatic carbocycles. The summed E-state index contributed by atoms with van der Waals surface area (Å²) in [5.74, 6) is 1.37. The van der Waals surface area contributed by atoms with Crippen molar-refractivity contribution < 1.29 is 9.84 Å². The van der Waals surface area contributed by atoms with Gasteiger partial charge in [-0.1, -0.05) is 12.1 Å². The predicted molar refractivity (Wildman–Crippen MR) is 71.6 cm³/mol. The first-order valence-electron chi connectivity index (χ1n) is 5.96. The summed E-state index contributed by atoms with van der Waals surface area (Å²) in [6.45, 7) is 11.2. The maximum absolute atomic E-state index is 8.96. The minimum Gasteiger partial charge on any atom is -0.454 e. The topological polar surface area (TPSA) is 51.6 Å². The molecule has 2 rings (SSSR count). The Labute approximate surface area is 111 Å². The Morgan fingerprint density at radius 3 is 2.58 bits per heavy atom. The molecule has 0 radical (unpaired) electrons. The van der Waals surface area contributed by atoms with Crippen molar-refractivity contribution in [3.63, 3.8) is 0 Å². The van der Waals surface area contributed by atoms with E-state index in [0.717, 1.165) is 11.4 Å². The molecule has 0 aliphatic heterocycles. The van der Waals surface area contributed by atoms with Gasteiger partial charge in [-0.25, -0.2) is 4.85 Å². The van der Waals surface area contributed by atoms with Crippen molar-refractivity contribution in [1.29, 1.82) is 0 Å². The Hall–Kier alpha value is -2.32. The summed E-state index contributed by atoms with van der Waals surface area (Å²) < 4.78 is 7.52. The molecule has 1 N–H and O–H groups in total. The fraction of sp³-hybridized carbons (Fsp3) is 0.286. The van der Waals surface area contributed by atoms with E-state index in [0.29, 0.717) is 23.7 Å². The Kier molecular flexibility index (Phi) is 3.83. The van der Waals surface area contributed by atoms with Gasteiger partial charge in [0.1, 0.15) is 11.4 Å². The van der Waals surface area contributed by atoms with Gasteiger partial charge in [0.05, 0.1) is 25.4 Å². The number of benzene rings is 1. The first-order valence-corrected chi connectivity index (χ1v) is 5.96. The Balaban J connectivity index is 2.25. The van der Waals surface area contributed by atoms with Crippen LogP contribution in [0.5, 0.6) is 11.5 Å². The van der Waals surface area contributed by atoms with Crippen molar-refractivity contribution >= 4 is 5.69 Å². The number of rotatable bonds is 4. The van der Waals surface area contributed by atoms with Gasteiger partial charge in [0, 0.05) is 0 Å². The Morgan fingerprint density at radius 1 is 1.32 bits per heavy atom. The van der Waals surface area contributed by atoms with E-state index in [1.807, 2.05) is 13.8 Å². The maximum atomic E-state index is 8.96. The van der Waals surface area contributed by atoms with E-state index in [1.165, 1.54) is 0 Å². The monoisotopic (exact) mass is 257 g/mol. The summed E-state index contributed by atoms with van der Waals surface area (Å²) in [6.07, 6.45) is 0. The molecule has 0 spiro atoms. The molecule has 1 aromatic heterocycles. The molecule has 2 aromatic rings. The SMILES string of the molecule is [C-]#[N+]c1ccc(Oc2c(C)nn(CCO)c2C)cc1. The lowest BCUT2D eigenvalue weighted by Crippen LogP contribution is -2.05. The van der Waals surface area contributed by atoms with Crippen molar-refractivity contribution in [2.75, 3.05) is 6.61 Å². The lowest BCUT2D eigenvalue weighted by molar-refractivity contribution is 0.267. The van der Waals surface area contributed by atoms with Gasteiger partial charge in [0.15, 0.2) is 11.4 Å². The van der Waals surface area contributed by atoms with E-state index in [4.69, 9.17) is 16.4 Å². The molecule has 5 nitrogen and oxygen atoms in total. The van der Waals surface area contributed by atoms with Crippen LogP contribution in [0, 0.1) is 20.4 Å². The average molecular weight is 257 g/mol. The summed E-state index contributed by atoms with van der Waals surface area (Å²) in [5.41, 5.74) is 2.23. The smallest absolute Gasteiger partial charge is 0.187 e. The van der Waals surface area contributed by atoms with Crippen LogP contribution in [-0.4, -0.2) is 21.5 Å². The number of aromatic nitrogens is 2. The molecule has 0 saturated heterocycles. The van der Waals surface area contributed by atoms with E-state index in [1.54, 1.807) is 28.9 Å². The second kappa shape index (κ2) is 5.55. The Bertz CT molecular complexity index is 609. The summed E-state index contributed by atoms with van der Waals surface area (Å²) in [5, 5.41) is 13.3. The van der Waals surface area contributed by atoms with E-state index >= 15 is 0 Å². The molecule has 5 heteroatoms. The molecule has 98 valence electrons. The van der Waals surface area contributed by atoms with Gasteiger partial charge >= 0.3 is 0 Å². The van der Waals surface area contributed by atoms with Crippen molar-refractivity contribution in [2.24, 2.45) is 0 Å². The van der Waals surface area contributed by atoms with Gasteiger partial charge in [-0.05, 0) is 26.0 Å². The number of nitrogens with zero attached hydrogens (tertiary/aromatic N) is 3. The highest BCUT2D eigenvalue weighted by molar-refractivity contribution is 5.48. The minimum atomic E-state index is 0.0428. The third-order valence-electron chi connectivity index (χ3n) is 2.81. The largest absolute Gasteiger partial charge is 0.454 e. The zero-order valence-electron chi connectivity index (χ0n) is 10.9. The van der Waals surface area contributed by atoms with Crippen molar-refractivity contribution in [3.8, 4) is 11.5 Å². The number of aliphatic hydroxyl groups is 1. The van der Waals surface area contributed by atoms with Crippen LogP contribution in [0.2, 0.25) is 0 Å². The second-order valence-corrected chi connectivity index (χ2v) is 4.15. The summed E-state index contributed by atoms with van der Waals surface area (Å²) in [4.78, 5) is 3.33. The first-order chi connectivity index (χ1) is 9.15. The van der Waals surface area contributed by atoms with Gasteiger partial charge in [-0.15, -0.1) is 0 Å². The van der Waals surface area contributed by atoms with Crippen LogP contribution < -0.4 is 4.74 Å². The summed E-state index contributed by atoms with van der Waals surface area (Å²) in [7, 11) is 0. The molecule has 0 unspecified atom stereocenters. The van der Waals surface area contributed by atoms with Crippen LogP contribution in [0.4, 0.5) is 5.69 Å². The van der Waals surface area contributed by atoms with Crippen molar-refractivity contribution in [2.45, 2.75) is 20.4 Å². The van der Waals surface area contributed by atoms with Gasteiger partial charge in [0.25, 0.3) is 0 Å². The van der Waals surface area contributed by atoms with Crippen LogP contribution in [0.3, 0.4) is 0 Å². The highest BCUT2D eigenvalue weighted by Crippen LogP contribution is 2.29. The van der Waals surface area contributed by atoms with Crippen LogP contribution >= 0.6 is 0 Å². The summed E-state index contributed by atoms with van der Waals surface area (Å²) in [6, 6.07) is 6.95. The third-order valence-corrected chi connectivity index (χ3v) is 2.81. The van der Waals surface area contributed by atoms with E-state index in [9.17, 15) is 0 Å². The van der Waals surface area contributed by atoms with E-state index in [2.05, 4.69) is 9.94 Å². The molecular weight excluding hydrogens is 242 g/mol. The lowest BCUT2D eigenvalue weighted by atomic mass is 10.3. The fourth-order valence-electron chi connectivity index (χ4n) is 1.85. The number of aryl methyl sites for hydroxylation is 1. The van der Waals surface area contributed by atoms with E-state index in [-0.39, 0.29) is 6.61 Å². The fourth-order valence-corrected chi connectivity index (χ4v) is 1.85. The molecule has 1 aromatic carbocycles. The minimum absolute atomic E-state index is 0.0428. The van der Waals surface area contributed by atoms with Gasteiger partial charge in [-0.3, -0.25) is 4.68 Å². The quantitative estimate of drug-likeness (QED) is 0.857. The zero-order chi connectivity index (χ0) is 13.8. The number of hydrogen-bond acceptors (Lipinski definition) is 3. The highest BCUT2D eigenvalue weighted by Gasteiger charge is 2.13. The standard InChI is InChI=1S/C14H15N3O2/c1-10-14(11(2)17(16-10)8-9-18)19-13-6-4-12(15-3)5-7-13/h4-7,18H,8-9H2,1-2H3. The maximum Gasteiger partial charge on any atom is 0.187 e. The van der Waals surface area contributed by atoms with E-state index < -0.39 is 0 Å². The second-order valence-electron chi connectivity index (χ2n) is 4.15. The number of hydrogen-bond donors (Lipinski definition) is 1. The molecule has 0 amide bonds. The van der Waals surface area contributed by atoms with Gasteiger partial charge in [-0.2, -0.15) is 5.10 Å². The molecule has 0 aliphatic rings. The molecule has 19 heavy (non-hydrogen) atoms. The highest BCUT2D eigenvalue weighted by atomic mass is 16.5. The third kappa shape index (κ3) is 2.75. The van der Waals surface area contributed by atoms with Crippen molar-refractivity contribution in [3.05, 3.63) is 47.1 Å². The van der Waals surface area contributed by atoms with Gasteiger partial charge < -0.3 is 9.84 Å². The predicted octanol–water partition coefficient (Wildman–Crippen LogP) is 2.84. The summed E-state index contributed by atoms with van der Waals surface area (Å²) >= 11 is 0. The zero-order valence-corrected chi connectivity index (χ0v) is 10.9. The van der Waals surface area contributed by atoms with Crippen LogP contribution in [0.1, 0.15) is 11.4 Å². The van der Waals surface area contributed by atoms with Crippen LogP contribution in [-0.2, 0) is 6.54 Å². The van der Waals surface area contributed by atoms with Gasteiger partial charge in [0.2, 0.25) is 0 Å². The molecule has 0 bridgehead atoms. The van der Waals surface area contributed by atoms with Crippen molar-refractivity contribution in [1.82, 2.24) is 9.78 Å². The number of ether oxygens (including phenoxy) is 1. The Morgan fingerprint density at radius 2 is 2.00 bits per heavy atom. The molecule has 0 atom stereocenters. The molecule has 1 heterocycles. The number of aliphatic hydroxyl groups excluding tert-OH is 1. The molecule has 0 fully saturated rings. The normalized spacial score (nSPS) is 10.2.